The van der Waals surface area contributed by atoms with Crippen LogP contribution in [0.3, 0.4) is 0 Å². The van der Waals surface area contributed by atoms with Gasteiger partial charge in [0.2, 0.25) is 0 Å². The van der Waals surface area contributed by atoms with Crippen molar-refractivity contribution in [1.29, 1.82) is 0 Å². The topological polar surface area (TPSA) is 123 Å². The van der Waals surface area contributed by atoms with Crippen LogP contribution in [0.2, 0.25) is 0 Å². The molecule has 0 bridgehead atoms. The minimum atomic E-state index is -0.637. The number of ether oxygens (including phenoxy) is 1. The summed E-state index contributed by atoms with van der Waals surface area (Å²) in [6.07, 6.45) is 3.73. The third-order valence-electron chi connectivity index (χ3n) is 9.40. The molecule has 4 heterocycles. The number of nitrogens with one attached hydrogen (secondary N) is 5. The molecule has 250 valence electrons. The fraction of sp³-hybridized carbons (Fsp3) is 0.270. The van der Waals surface area contributed by atoms with Gasteiger partial charge in [0, 0.05) is 73.6 Å². The van der Waals surface area contributed by atoms with Crippen LogP contribution in [0.15, 0.2) is 72.9 Å². The van der Waals surface area contributed by atoms with Crippen LogP contribution in [0.5, 0.6) is 0 Å². The number of carbonyl (C=O) groups excluding carboxylic acids is 1. The molecule has 2 fully saturated rings. The van der Waals surface area contributed by atoms with E-state index in [9.17, 15) is 13.6 Å². The second-order valence-electron chi connectivity index (χ2n) is 12.7. The van der Waals surface area contributed by atoms with E-state index in [4.69, 9.17) is 4.74 Å². The molecule has 0 atom stereocenters. The summed E-state index contributed by atoms with van der Waals surface area (Å²) < 4.78 is 34.1. The summed E-state index contributed by atoms with van der Waals surface area (Å²) in [5, 5.41) is 26.4. The number of aromatic nitrogens is 4. The molecule has 0 unspecified atom stereocenters. The van der Waals surface area contributed by atoms with E-state index in [1.165, 1.54) is 12.1 Å². The lowest BCUT2D eigenvalue weighted by Crippen LogP contribution is -2.43. The molecule has 0 saturated carbocycles. The normalized spacial score (nSPS) is 15.6. The summed E-state index contributed by atoms with van der Waals surface area (Å²) in [5.41, 5.74) is 7.05. The summed E-state index contributed by atoms with van der Waals surface area (Å²) >= 11 is 0. The summed E-state index contributed by atoms with van der Waals surface area (Å²) in [6, 6.07) is 19.5. The maximum absolute atomic E-state index is 14.2. The van der Waals surface area contributed by atoms with Crippen molar-refractivity contribution < 1.29 is 18.3 Å². The first-order chi connectivity index (χ1) is 24.0. The third-order valence-corrected chi connectivity index (χ3v) is 9.40. The van der Waals surface area contributed by atoms with Crippen molar-refractivity contribution in [1.82, 2.24) is 25.7 Å². The second-order valence-corrected chi connectivity index (χ2v) is 12.7. The highest BCUT2D eigenvalue weighted by atomic mass is 19.1. The van der Waals surface area contributed by atoms with Crippen molar-refractivity contribution in [3.05, 3.63) is 101 Å². The second kappa shape index (κ2) is 13.3. The highest BCUT2D eigenvalue weighted by molar-refractivity contribution is 6.11. The summed E-state index contributed by atoms with van der Waals surface area (Å²) in [5.74, 6) is -1.20. The summed E-state index contributed by atoms with van der Waals surface area (Å²) in [6.45, 7) is 4.96. The minimum absolute atomic E-state index is 0.194. The molecule has 2 saturated heterocycles. The van der Waals surface area contributed by atoms with Gasteiger partial charge in [-0.25, -0.2) is 8.78 Å². The van der Waals surface area contributed by atoms with Crippen LogP contribution in [0, 0.1) is 11.6 Å². The fourth-order valence-corrected chi connectivity index (χ4v) is 6.87. The number of rotatable bonds is 8. The highest BCUT2D eigenvalue weighted by Gasteiger charge is 2.22. The van der Waals surface area contributed by atoms with Gasteiger partial charge in [-0.1, -0.05) is 6.07 Å². The van der Waals surface area contributed by atoms with Crippen LogP contribution in [0.1, 0.15) is 34.3 Å². The SMILES string of the molecule is O=C(Nc1n[nH]c2cc(-c3ccc4[nH]ncc4c3)c(Cc3cc(F)cc(F)c3)cc12)c1ccc(N2CCNCC2)cc1NC1CCOCC1. The van der Waals surface area contributed by atoms with E-state index in [2.05, 4.69) is 47.3 Å². The lowest BCUT2D eigenvalue weighted by Gasteiger charge is -2.31. The third kappa shape index (κ3) is 6.57. The Morgan fingerprint density at radius 2 is 1.73 bits per heavy atom. The van der Waals surface area contributed by atoms with Gasteiger partial charge >= 0.3 is 0 Å². The van der Waals surface area contributed by atoms with Gasteiger partial charge in [-0.2, -0.15) is 10.2 Å². The first-order valence-corrected chi connectivity index (χ1v) is 16.6. The van der Waals surface area contributed by atoms with Crippen molar-refractivity contribution >= 4 is 44.9 Å². The van der Waals surface area contributed by atoms with Crippen LogP contribution in [-0.2, 0) is 11.2 Å². The Balaban J connectivity index is 1.15. The summed E-state index contributed by atoms with van der Waals surface area (Å²) in [4.78, 5) is 16.3. The van der Waals surface area contributed by atoms with Crippen molar-refractivity contribution in [2.24, 2.45) is 0 Å². The number of halogens is 2. The molecular formula is C37H36F2N8O2. The standard InChI is InChI=1S/C37H36F2N8O2/c38-26-14-22(15-27(39)18-26)13-24-17-32-35(20-31(24)23-1-4-33-25(16-23)21-41-44-33)45-46-36(32)43-37(48)30-3-2-29(47-9-7-40-8-10-47)19-34(30)42-28-5-11-49-12-6-28/h1-4,14-21,28,40,42H,5-13H2,(H,41,44)(H2,43,45,46,48). The number of hydrogen-bond donors (Lipinski definition) is 5. The number of fused-ring (bicyclic) bond motifs is 2. The molecule has 10 nitrogen and oxygen atoms in total. The average Bonchev–Trinajstić information content (AvgIpc) is 3.74. The monoisotopic (exact) mass is 662 g/mol. The number of H-pyrrole nitrogens is 2. The minimum Gasteiger partial charge on any atom is -0.381 e. The van der Waals surface area contributed by atoms with Crippen LogP contribution < -0.4 is 20.9 Å². The molecular weight excluding hydrogens is 626 g/mol. The van der Waals surface area contributed by atoms with Crippen LogP contribution in [-0.4, -0.2) is 71.7 Å². The maximum Gasteiger partial charge on any atom is 0.258 e. The number of aromatic amines is 2. The zero-order valence-corrected chi connectivity index (χ0v) is 26.8. The molecule has 0 radical (unpaired) electrons. The van der Waals surface area contributed by atoms with E-state index >= 15 is 0 Å². The molecule has 1 amide bonds. The molecule has 49 heavy (non-hydrogen) atoms. The van der Waals surface area contributed by atoms with Crippen LogP contribution in [0.25, 0.3) is 32.9 Å². The largest absolute Gasteiger partial charge is 0.381 e. The molecule has 5 N–H and O–H groups in total. The van der Waals surface area contributed by atoms with Crippen LogP contribution >= 0.6 is 0 Å². The van der Waals surface area contributed by atoms with Gasteiger partial charge in [-0.05, 0) is 96.1 Å². The molecule has 0 aliphatic carbocycles. The Labute approximate surface area is 281 Å². The predicted octanol–water partition coefficient (Wildman–Crippen LogP) is 6.23. The van der Waals surface area contributed by atoms with Gasteiger partial charge in [-0.15, -0.1) is 0 Å². The maximum atomic E-state index is 14.2. The van der Waals surface area contributed by atoms with Crippen molar-refractivity contribution in [2.75, 3.05) is 54.9 Å². The van der Waals surface area contributed by atoms with Gasteiger partial charge in [0.15, 0.2) is 5.82 Å². The first-order valence-electron chi connectivity index (χ1n) is 16.6. The zero-order valence-electron chi connectivity index (χ0n) is 26.8. The molecule has 12 heteroatoms. The molecule has 6 aromatic rings. The number of piperazine rings is 1. The van der Waals surface area contributed by atoms with Gasteiger partial charge < -0.3 is 25.6 Å². The smallest absolute Gasteiger partial charge is 0.258 e. The lowest BCUT2D eigenvalue weighted by atomic mass is 9.93. The summed E-state index contributed by atoms with van der Waals surface area (Å²) in [7, 11) is 0. The van der Waals surface area contributed by atoms with E-state index in [1.807, 2.05) is 42.5 Å². The number of nitrogens with zero attached hydrogens (tertiary/aromatic N) is 3. The van der Waals surface area contributed by atoms with Gasteiger partial charge in [0.05, 0.1) is 22.8 Å². The quantitative estimate of drug-likeness (QED) is 0.131. The molecule has 2 aromatic heterocycles. The lowest BCUT2D eigenvalue weighted by molar-refractivity contribution is 0.0904. The van der Waals surface area contributed by atoms with E-state index in [0.717, 1.165) is 84.1 Å². The Kier molecular flexibility index (Phi) is 8.40. The number of amides is 1. The van der Waals surface area contributed by atoms with E-state index in [1.54, 1.807) is 6.20 Å². The molecule has 2 aliphatic rings. The van der Waals surface area contributed by atoms with E-state index in [-0.39, 0.29) is 18.4 Å². The van der Waals surface area contributed by atoms with E-state index < -0.39 is 11.6 Å². The van der Waals surface area contributed by atoms with Gasteiger partial charge in [0.1, 0.15) is 11.6 Å². The molecule has 2 aliphatic heterocycles. The van der Waals surface area contributed by atoms with Crippen molar-refractivity contribution in [3.8, 4) is 11.1 Å². The Hall–Kier alpha value is -5.33. The fourth-order valence-electron chi connectivity index (χ4n) is 6.87. The Morgan fingerprint density at radius 3 is 2.55 bits per heavy atom. The van der Waals surface area contributed by atoms with E-state index in [0.29, 0.717) is 41.1 Å². The number of hydrogen-bond acceptors (Lipinski definition) is 7. The van der Waals surface area contributed by atoms with Crippen molar-refractivity contribution in [2.45, 2.75) is 25.3 Å². The zero-order chi connectivity index (χ0) is 33.3. The Bertz CT molecular complexity index is 2130. The van der Waals surface area contributed by atoms with Gasteiger partial charge in [-0.3, -0.25) is 15.0 Å². The number of benzene rings is 4. The predicted molar refractivity (Wildman–Crippen MR) is 187 cm³/mol. The number of anilines is 3. The molecule has 0 spiro atoms. The first kappa shape index (κ1) is 31.0. The van der Waals surface area contributed by atoms with Crippen molar-refractivity contribution in [3.63, 3.8) is 0 Å². The van der Waals surface area contributed by atoms with Crippen LogP contribution in [0.4, 0.5) is 26.0 Å². The Morgan fingerprint density at radius 1 is 0.918 bits per heavy atom. The molecule has 8 rings (SSSR count). The number of carbonyl (C=O) groups is 1. The molecule has 4 aromatic carbocycles. The average molecular weight is 663 g/mol. The van der Waals surface area contributed by atoms with Gasteiger partial charge in [0.25, 0.3) is 5.91 Å². The highest BCUT2D eigenvalue weighted by Crippen LogP contribution is 2.35.